The van der Waals surface area contributed by atoms with Gasteiger partial charge < -0.3 is 0 Å². The van der Waals surface area contributed by atoms with Crippen LogP contribution in [0.1, 0.15) is 26.2 Å². The van der Waals surface area contributed by atoms with Crippen LogP contribution in [0.25, 0.3) is 0 Å². The molecule has 4 nitrogen and oxygen atoms in total. The summed E-state index contributed by atoms with van der Waals surface area (Å²) in [6.45, 7) is 2.55. The Kier molecular flexibility index (Phi) is 3.88. The summed E-state index contributed by atoms with van der Waals surface area (Å²) in [7, 11) is -2.31. The third kappa shape index (κ3) is 2.45. The SMILES string of the molecule is CCCCCN1C(=O)C=CC1=S(=O)=O. The van der Waals surface area contributed by atoms with E-state index >= 15 is 0 Å². The highest BCUT2D eigenvalue weighted by molar-refractivity contribution is 7.73. The quantitative estimate of drug-likeness (QED) is 0.509. The van der Waals surface area contributed by atoms with Gasteiger partial charge in [-0.3, -0.25) is 9.69 Å². The molecule has 0 aliphatic carbocycles. The van der Waals surface area contributed by atoms with Crippen molar-refractivity contribution < 1.29 is 13.2 Å². The zero-order chi connectivity index (χ0) is 10.6. The normalized spacial score (nSPS) is 15.4. The highest BCUT2D eigenvalue weighted by Crippen LogP contribution is 2.06. The molecule has 1 rings (SSSR count). The van der Waals surface area contributed by atoms with E-state index < -0.39 is 10.3 Å². The lowest BCUT2D eigenvalue weighted by Crippen LogP contribution is -2.31. The van der Waals surface area contributed by atoms with Gasteiger partial charge in [0.05, 0.1) is 0 Å². The summed E-state index contributed by atoms with van der Waals surface area (Å²) in [5, 5.41) is 0. The molecule has 5 heteroatoms. The third-order valence-electron chi connectivity index (χ3n) is 2.06. The molecular weight excluding hydrogens is 202 g/mol. The number of amides is 1. The molecule has 0 unspecified atom stereocenters. The summed E-state index contributed by atoms with van der Waals surface area (Å²) < 4.78 is 21.4. The van der Waals surface area contributed by atoms with Gasteiger partial charge in [-0.15, -0.1) is 0 Å². The van der Waals surface area contributed by atoms with Crippen LogP contribution in [0, 0.1) is 0 Å². The molecule has 0 saturated heterocycles. The van der Waals surface area contributed by atoms with Crippen LogP contribution in [-0.2, 0) is 15.1 Å². The van der Waals surface area contributed by atoms with E-state index in [2.05, 4.69) is 6.92 Å². The van der Waals surface area contributed by atoms with Crippen molar-refractivity contribution in [3.05, 3.63) is 12.2 Å². The standard InChI is InChI=1S/C9H13NO3S/c1-2-3-4-7-10-8(11)5-6-9(10)14(12)13/h5-6H,2-4,7H2,1H3. The number of unbranched alkanes of at least 4 members (excludes halogenated alkanes) is 2. The van der Waals surface area contributed by atoms with Crippen LogP contribution >= 0.6 is 0 Å². The maximum absolute atomic E-state index is 11.2. The highest BCUT2D eigenvalue weighted by Gasteiger charge is 2.21. The Hall–Kier alpha value is -1.10. The number of nitrogens with zero attached hydrogens (tertiary/aromatic N) is 1. The molecule has 14 heavy (non-hydrogen) atoms. The van der Waals surface area contributed by atoms with Crippen molar-refractivity contribution in [2.75, 3.05) is 6.54 Å². The van der Waals surface area contributed by atoms with Gasteiger partial charge in [0.25, 0.3) is 5.91 Å². The van der Waals surface area contributed by atoms with Crippen LogP contribution in [0.3, 0.4) is 0 Å². The molecular formula is C9H13NO3S. The first-order valence-electron chi connectivity index (χ1n) is 4.62. The smallest absolute Gasteiger partial charge is 0.251 e. The Balaban J connectivity index is 2.68. The van der Waals surface area contributed by atoms with E-state index in [1.54, 1.807) is 0 Å². The summed E-state index contributed by atoms with van der Waals surface area (Å²) in [5.74, 6) is -0.236. The molecule has 1 amide bonds. The topological polar surface area (TPSA) is 54.5 Å². The molecule has 0 spiro atoms. The van der Waals surface area contributed by atoms with Crippen LogP contribution in [0.4, 0.5) is 0 Å². The lowest BCUT2D eigenvalue weighted by Gasteiger charge is -2.14. The van der Waals surface area contributed by atoms with Gasteiger partial charge in [-0.25, -0.2) is 0 Å². The number of carbonyl (C=O) groups excluding carboxylic acids is 1. The van der Waals surface area contributed by atoms with E-state index in [-0.39, 0.29) is 10.9 Å². The molecule has 0 aromatic carbocycles. The van der Waals surface area contributed by atoms with E-state index in [4.69, 9.17) is 0 Å². The Bertz CT molecular complexity index is 373. The average molecular weight is 215 g/mol. The molecule has 1 heterocycles. The van der Waals surface area contributed by atoms with Gasteiger partial charge in [0.1, 0.15) is 0 Å². The molecule has 0 N–H and O–H groups in total. The molecule has 1 aliphatic rings. The van der Waals surface area contributed by atoms with Crippen LogP contribution in [0.5, 0.6) is 0 Å². The van der Waals surface area contributed by atoms with Crippen molar-refractivity contribution in [3.8, 4) is 0 Å². The zero-order valence-electron chi connectivity index (χ0n) is 8.06. The Morgan fingerprint density at radius 2 is 2.00 bits per heavy atom. The van der Waals surface area contributed by atoms with Crippen LogP contribution in [0.2, 0.25) is 0 Å². The molecule has 0 radical (unpaired) electrons. The molecule has 0 saturated carbocycles. The van der Waals surface area contributed by atoms with Gasteiger partial charge in [-0.1, -0.05) is 19.8 Å². The van der Waals surface area contributed by atoms with Crippen molar-refractivity contribution in [1.29, 1.82) is 0 Å². The highest BCUT2D eigenvalue weighted by atomic mass is 32.2. The van der Waals surface area contributed by atoms with Gasteiger partial charge in [0, 0.05) is 12.6 Å². The van der Waals surface area contributed by atoms with E-state index in [1.165, 1.54) is 17.1 Å². The minimum absolute atomic E-state index is 0.0890. The Morgan fingerprint density at radius 1 is 1.29 bits per heavy atom. The number of rotatable bonds is 4. The predicted octanol–water partition coefficient (Wildman–Crippen LogP) is 0.584. The molecule has 0 fully saturated rings. The third-order valence-corrected chi connectivity index (χ3v) is 2.75. The fourth-order valence-corrected chi connectivity index (χ4v) is 1.86. The van der Waals surface area contributed by atoms with E-state index in [1.807, 2.05) is 0 Å². The maximum atomic E-state index is 11.2. The van der Waals surface area contributed by atoms with Crippen molar-refractivity contribution in [3.63, 3.8) is 0 Å². The Morgan fingerprint density at radius 3 is 2.57 bits per heavy atom. The summed E-state index contributed by atoms with van der Waals surface area (Å²) in [5.41, 5.74) is 0. The fraction of sp³-hybridized carbons (Fsp3) is 0.556. The second-order valence-electron chi connectivity index (χ2n) is 3.10. The molecule has 0 bridgehead atoms. The number of carbonyl (C=O) groups is 1. The number of hydrogen-bond donors (Lipinski definition) is 0. The number of hydrogen-bond acceptors (Lipinski definition) is 3. The second-order valence-corrected chi connectivity index (χ2v) is 3.99. The predicted molar refractivity (Wildman–Crippen MR) is 54.3 cm³/mol. The van der Waals surface area contributed by atoms with Gasteiger partial charge >= 0.3 is 0 Å². The van der Waals surface area contributed by atoms with Crippen molar-refractivity contribution >= 4 is 21.2 Å². The summed E-state index contributed by atoms with van der Waals surface area (Å²) in [6, 6.07) is 0. The first-order chi connectivity index (χ1) is 6.66. The molecule has 1 aliphatic heterocycles. The van der Waals surface area contributed by atoms with Crippen LogP contribution < -0.4 is 0 Å². The summed E-state index contributed by atoms with van der Waals surface area (Å²) in [4.78, 5) is 12.6. The minimum atomic E-state index is -2.31. The van der Waals surface area contributed by atoms with Gasteiger partial charge in [-0.2, -0.15) is 8.42 Å². The Labute approximate surface area is 84.7 Å². The van der Waals surface area contributed by atoms with Crippen molar-refractivity contribution in [2.24, 2.45) is 0 Å². The van der Waals surface area contributed by atoms with Gasteiger partial charge in [0.2, 0.25) is 10.3 Å². The lowest BCUT2D eigenvalue weighted by molar-refractivity contribution is -0.121. The molecule has 0 aromatic rings. The monoisotopic (exact) mass is 215 g/mol. The van der Waals surface area contributed by atoms with E-state index in [9.17, 15) is 13.2 Å². The second kappa shape index (κ2) is 4.95. The van der Waals surface area contributed by atoms with Crippen LogP contribution in [-0.4, -0.2) is 30.8 Å². The first-order valence-corrected chi connectivity index (χ1v) is 5.70. The average Bonchev–Trinajstić information content (AvgIpc) is 2.48. The van der Waals surface area contributed by atoms with Crippen molar-refractivity contribution in [1.82, 2.24) is 4.90 Å². The first kappa shape index (κ1) is 11.0. The van der Waals surface area contributed by atoms with Gasteiger partial charge in [-0.05, 0) is 12.5 Å². The summed E-state index contributed by atoms with van der Waals surface area (Å²) >= 11 is 0. The van der Waals surface area contributed by atoms with Gasteiger partial charge in [0.15, 0.2) is 4.99 Å². The molecule has 0 atom stereocenters. The maximum Gasteiger partial charge on any atom is 0.251 e. The van der Waals surface area contributed by atoms with E-state index in [0.29, 0.717) is 6.54 Å². The largest absolute Gasteiger partial charge is 0.296 e. The minimum Gasteiger partial charge on any atom is -0.296 e. The summed E-state index contributed by atoms with van der Waals surface area (Å²) in [6.07, 6.45) is 5.52. The van der Waals surface area contributed by atoms with Crippen LogP contribution in [0.15, 0.2) is 12.2 Å². The fourth-order valence-electron chi connectivity index (χ4n) is 1.32. The van der Waals surface area contributed by atoms with Crippen molar-refractivity contribution in [2.45, 2.75) is 26.2 Å². The molecule has 78 valence electrons. The van der Waals surface area contributed by atoms with E-state index in [0.717, 1.165) is 19.3 Å². The lowest BCUT2D eigenvalue weighted by atomic mass is 10.2. The zero-order valence-corrected chi connectivity index (χ0v) is 8.88. The molecule has 0 aromatic heterocycles.